The molecule has 0 bridgehead atoms. The highest BCUT2D eigenvalue weighted by Crippen LogP contribution is 2.34. The molecule has 0 aromatic carbocycles. The summed E-state index contributed by atoms with van der Waals surface area (Å²) in [6, 6.07) is 0. The highest BCUT2D eigenvalue weighted by molar-refractivity contribution is 5.71. The number of hydrogen-bond donors (Lipinski definition) is 2. The molecule has 90 valence electrons. The normalized spacial score (nSPS) is 22.0. The number of hydrogen-bond acceptors (Lipinski definition) is 4. The van der Waals surface area contributed by atoms with Gasteiger partial charge in [0.25, 0.3) is 0 Å². The van der Waals surface area contributed by atoms with E-state index in [1.54, 1.807) is 0 Å². The van der Waals surface area contributed by atoms with Crippen molar-refractivity contribution >= 4 is 11.8 Å². The molecule has 0 amide bonds. The monoisotopic (exact) mass is 234 g/mol. The molecule has 0 unspecified atom stereocenters. The lowest BCUT2D eigenvalue weighted by atomic mass is 9.83. The van der Waals surface area contributed by atoms with Gasteiger partial charge >= 0.3 is 5.97 Å². The smallest absolute Gasteiger partial charge is 0.306 e. The zero-order valence-electron chi connectivity index (χ0n) is 9.40. The molecular formula is C12H14N2O3. The van der Waals surface area contributed by atoms with Crippen molar-refractivity contribution in [2.75, 3.05) is 5.73 Å². The lowest BCUT2D eigenvalue weighted by Crippen LogP contribution is -2.24. The molecule has 0 saturated carbocycles. The van der Waals surface area contributed by atoms with Crippen molar-refractivity contribution in [3.8, 4) is 0 Å². The van der Waals surface area contributed by atoms with E-state index in [0.29, 0.717) is 38.3 Å². The maximum absolute atomic E-state index is 11.1. The predicted octanol–water partition coefficient (Wildman–Crippen LogP) is 0.883. The molecule has 3 rings (SSSR count). The first-order valence-corrected chi connectivity index (χ1v) is 5.76. The number of pyridine rings is 1. The fourth-order valence-corrected chi connectivity index (χ4v) is 2.70. The summed E-state index contributed by atoms with van der Waals surface area (Å²) in [6.07, 6.45) is 1.90. The third-order valence-corrected chi connectivity index (χ3v) is 3.66. The molecule has 5 nitrogen and oxygen atoms in total. The summed E-state index contributed by atoms with van der Waals surface area (Å²) in [7, 11) is 0. The third-order valence-electron chi connectivity index (χ3n) is 3.66. The first-order valence-electron chi connectivity index (χ1n) is 5.76. The Balaban J connectivity index is 2.07. The van der Waals surface area contributed by atoms with Crippen molar-refractivity contribution in [3.63, 3.8) is 0 Å². The fraction of sp³-hybridized carbons (Fsp3) is 0.500. The molecule has 1 aromatic heterocycles. The number of aliphatic carboxylic acids is 1. The molecule has 0 saturated heterocycles. The van der Waals surface area contributed by atoms with Gasteiger partial charge in [0, 0.05) is 11.3 Å². The number of nitrogens with two attached hydrogens (primary N) is 1. The van der Waals surface area contributed by atoms with Crippen LogP contribution in [0.5, 0.6) is 0 Å². The molecule has 3 N–H and O–H groups in total. The lowest BCUT2D eigenvalue weighted by molar-refractivity contribution is -0.142. The fourth-order valence-electron chi connectivity index (χ4n) is 2.70. The highest BCUT2D eigenvalue weighted by atomic mass is 16.5. The van der Waals surface area contributed by atoms with E-state index in [0.717, 1.165) is 22.4 Å². The molecule has 17 heavy (non-hydrogen) atoms. The van der Waals surface area contributed by atoms with Crippen molar-refractivity contribution in [2.45, 2.75) is 32.5 Å². The van der Waals surface area contributed by atoms with Gasteiger partial charge in [0.15, 0.2) is 0 Å². The second-order valence-corrected chi connectivity index (χ2v) is 4.65. The van der Waals surface area contributed by atoms with Crippen molar-refractivity contribution in [1.82, 2.24) is 4.98 Å². The van der Waals surface area contributed by atoms with Crippen molar-refractivity contribution < 1.29 is 14.6 Å². The van der Waals surface area contributed by atoms with Gasteiger partial charge in [0.2, 0.25) is 0 Å². The number of aromatic nitrogens is 1. The van der Waals surface area contributed by atoms with Gasteiger partial charge in [-0.2, -0.15) is 0 Å². The Morgan fingerprint density at radius 2 is 2.12 bits per heavy atom. The summed E-state index contributed by atoms with van der Waals surface area (Å²) < 4.78 is 5.39. The first-order chi connectivity index (χ1) is 8.16. The number of fused-ring (bicyclic) bond motifs is 3. The van der Waals surface area contributed by atoms with Crippen molar-refractivity contribution in [3.05, 3.63) is 22.4 Å². The number of ether oxygens (including phenoxy) is 1. The van der Waals surface area contributed by atoms with E-state index in [-0.39, 0.29) is 5.92 Å². The average Bonchev–Trinajstić information content (AvgIpc) is 2.78. The lowest BCUT2D eigenvalue weighted by Gasteiger charge is -2.23. The summed E-state index contributed by atoms with van der Waals surface area (Å²) >= 11 is 0. The summed E-state index contributed by atoms with van der Waals surface area (Å²) in [5, 5.41) is 9.09. The van der Waals surface area contributed by atoms with E-state index in [1.165, 1.54) is 0 Å². The molecule has 1 aliphatic carbocycles. The zero-order chi connectivity index (χ0) is 12.0. The van der Waals surface area contributed by atoms with Gasteiger partial charge in [-0.3, -0.25) is 4.79 Å². The van der Waals surface area contributed by atoms with Crippen LogP contribution in [0.2, 0.25) is 0 Å². The maximum atomic E-state index is 11.1. The number of carboxylic acid groups (broad SMARTS) is 1. The molecule has 2 heterocycles. The average molecular weight is 234 g/mol. The quantitative estimate of drug-likeness (QED) is 0.753. The standard InChI is InChI=1S/C12H14N2O3/c13-11-9-5-17-4-8(9)7-3-6(12(15)16)1-2-10(7)14-11/h6H,1-5H2,(H2,13,14)(H,15,16)/t6-/m1/s1. The first kappa shape index (κ1) is 10.5. The third kappa shape index (κ3) is 1.58. The van der Waals surface area contributed by atoms with Crippen molar-refractivity contribution in [1.29, 1.82) is 0 Å². The molecule has 5 heteroatoms. The number of carbonyl (C=O) groups is 1. The minimum absolute atomic E-state index is 0.294. The Bertz CT molecular complexity index is 499. The Labute approximate surface area is 98.6 Å². The summed E-state index contributed by atoms with van der Waals surface area (Å²) in [5.41, 5.74) is 9.94. The Kier molecular flexibility index (Phi) is 2.29. The van der Waals surface area contributed by atoms with E-state index in [1.807, 2.05) is 0 Å². The van der Waals surface area contributed by atoms with E-state index in [4.69, 9.17) is 15.6 Å². The van der Waals surface area contributed by atoms with E-state index in [2.05, 4.69) is 4.98 Å². The summed E-state index contributed by atoms with van der Waals surface area (Å²) in [4.78, 5) is 15.4. The molecule has 0 fully saturated rings. The van der Waals surface area contributed by atoms with Gasteiger partial charge < -0.3 is 15.6 Å². The van der Waals surface area contributed by atoms with Crippen LogP contribution in [-0.2, 0) is 35.6 Å². The maximum Gasteiger partial charge on any atom is 0.306 e. The number of nitrogen functional groups attached to an aromatic ring is 1. The van der Waals surface area contributed by atoms with Gasteiger partial charge in [-0.15, -0.1) is 0 Å². The van der Waals surface area contributed by atoms with E-state index >= 15 is 0 Å². The van der Waals surface area contributed by atoms with Gasteiger partial charge in [-0.25, -0.2) is 4.98 Å². The summed E-state index contributed by atoms with van der Waals surface area (Å²) in [5.74, 6) is -0.470. The minimum Gasteiger partial charge on any atom is -0.481 e. The van der Waals surface area contributed by atoms with Crippen LogP contribution in [0.1, 0.15) is 28.8 Å². The topological polar surface area (TPSA) is 85.4 Å². The van der Waals surface area contributed by atoms with Crippen LogP contribution in [0.25, 0.3) is 0 Å². The van der Waals surface area contributed by atoms with Gasteiger partial charge in [-0.1, -0.05) is 0 Å². The molecule has 2 aliphatic rings. The SMILES string of the molecule is Nc1nc2c(c3c1COC3)C[C@H](C(=O)O)CC2. The highest BCUT2D eigenvalue weighted by Gasteiger charge is 2.30. The molecule has 1 atom stereocenters. The molecular weight excluding hydrogens is 220 g/mol. The largest absolute Gasteiger partial charge is 0.481 e. The second-order valence-electron chi connectivity index (χ2n) is 4.65. The number of aryl methyl sites for hydroxylation is 1. The van der Waals surface area contributed by atoms with E-state index < -0.39 is 5.97 Å². The van der Waals surface area contributed by atoms with Gasteiger partial charge in [0.05, 0.1) is 19.1 Å². The predicted molar refractivity (Wildman–Crippen MR) is 60.3 cm³/mol. The van der Waals surface area contributed by atoms with Crippen LogP contribution >= 0.6 is 0 Å². The zero-order valence-corrected chi connectivity index (χ0v) is 9.40. The number of nitrogens with zero attached hydrogens (tertiary/aromatic N) is 1. The van der Waals surface area contributed by atoms with Gasteiger partial charge in [0.1, 0.15) is 5.82 Å². The van der Waals surface area contributed by atoms with Crippen LogP contribution in [0.15, 0.2) is 0 Å². The van der Waals surface area contributed by atoms with Crippen molar-refractivity contribution in [2.24, 2.45) is 5.92 Å². The Hall–Kier alpha value is -1.62. The molecule has 0 radical (unpaired) electrons. The van der Waals surface area contributed by atoms with Crippen LogP contribution in [-0.4, -0.2) is 16.1 Å². The molecule has 1 aromatic rings. The number of carboxylic acids is 1. The van der Waals surface area contributed by atoms with Crippen LogP contribution in [0.3, 0.4) is 0 Å². The number of rotatable bonds is 1. The summed E-state index contributed by atoms with van der Waals surface area (Å²) in [6.45, 7) is 1.04. The van der Waals surface area contributed by atoms with Crippen LogP contribution in [0, 0.1) is 5.92 Å². The minimum atomic E-state index is -0.722. The Morgan fingerprint density at radius 3 is 2.88 bits per heavy atom. The Morgan fingerprint density at radius 1 is 1.35 bits per heavy atom. The molecule has 1 aliphatic heterocycles. The van der Waals surface area contributed by atoms with Crippen LogP contribution in [0.4, 0.5) is 5.82 Å². The van der Waals surface area contributed by atoms with Crippen LogP contribution < -0.4 is 5.73 Å². The van der Waals surface area contributed by atoms with Gasteiger partial charge in [-0.05, 0) is 30.4 Å². The van der Waals surface area contributed by atoms with E-state index in [9.17, 15) is 4.79 Å². The number of anilines is 1. The molecule has 0 spiro atoms. The second kappa shape index (κ2) is 3.70.